The zero-order valence-corrected chi connectivity index (χ0v) is 23.7. The normalized spacial score (nSPS) is 32.6. The van der Waals surface area contributed by atoms with E-state index in [9.17, 15) is 9.69 Å². The lowest BCUT2D eigenvalue weighted by Gasteiger charge is -2.22. The number of nitrogens with one attached hydrogen (secondary N) is 1. The van der Waals surface area contributed by atoms with Crippen molar-refractivity contribution >= 4 is 60.4 Å². The van der Waals surface area contributed by atoms with Gasteiger partial charge in [-0.3, -0.25) is 9.36 Å². The fourth-order valence-corrected chi connectivity index (χ4v) is 7.36. The van der Waals surface area contributed by atoms with Crippen molar-refractivity contribution in [3.63, 3.8) is 0 Å². The molecule has 1 aromatic carbocycles. The molecule has 3 aliphatic rings. The summed E-state index contributed by atoms with van der Waals surface area (Å²) in [4.78, 5) is 36.3. The van der Waals surface area contributed by atoms with Gasteiger partial charge in [0.15, 0.2) is 17.0 Å². The molecule has 2 N–H and O–H groups in total. The summed E-state index contributed by atoms with van der Waals surface area (Å²) >= 11 is 10.7. The molecule has 3 aliphatic heterocycles. The number of carbonyl (C=O) groups excluding carboxylic acids is 1. The molecule has 39 heavy (non-hydrogen) atoms. The van der Waals surface area contributed by atoms with Crippen LogP contribution in [-0.2, 0) is 51.2 Å². The largest absolute Gasteiger partial charge is 0.522 e. The Morgan fingerprint density at radius 2 is 1.95 bits per heavy atom. The molecule has 7 unspecified atom stereocenters. The van der Waals surface area contributed by atoms with Gasteiger partial charge in [-0.1, -0.05) is 18.2 Å². The van der Waals surface area contributed by atoms with Crippen molar-refractivity contribution in [2.75, 3.05) is 25.1 Å². The number of rotatable bonds is 3. The van der Waals surface area contributed by atoms with E-state index in [-0.39, 0.29) is 37.6 Å². The topological polar surface area (TPSA) is 148 Å². The van der Waals surface area contributed by atoms with Crippen LogP contribution in [-0.4, -0.2) is 74.6 Å². The molecule has 5 heterocycles. The first-order chi connectivity index (χ1) is 18.8. The lowest BCUT2D eigenvalue weighted by Crippen LogP contribution is -2.27. The molecule has 6 rings (SSSR count). The van der Waals surface area contributed by atoms with E-state index in [0.717, 1.165) is 0 Å². The Kier molecular flexibility index (Phi) is 8.09. The van der Waals surface area contributed by atoms with E-state index in [1.54, 1.807) is 35.2 Å². The Labute approximate surface area is 234 Å². The van der Waals surface area contributed by atoms with Gasteiger partial charge in [0, 0.05) is 18.4 Å². The van der Waals surface area contributed by atoms with E-state index < -0.39 is 38.4 Å². The highest BCUT2D eigenvalue weighted by atomic mass is 32.5. The fourth-order valence-electron chi connectivity index (χ4n) is 4.59. The van der Waals surface area contributed by atoms with Gasteiger partial charge in [0.05, 0.1) is 31.7 Å². The molecule has 3 fully saturated rings. The van der Waals surface area contributed by atoms with Crippen LogP contribution in [0.2, 0.25) is 0 Å². The summed E-state index contributed by atoms with van der Waals surface area (Å²) < 4.78 is 36.7. The fraction of sp³-hybridized carbons (Fsp3) is 0.455. The first-order valence-electron chi connectivity index (χ1n) is 12.1. The van der Waals surface area contributed by atoms with Gasteiger partial charge in [-0.05, 0) is 23.9 Å². The van der Waals surface area contributed by atoms with Crippen LogP contribution < -0.4 is 5.32 Å². The minimum atomic E-state index is -3.55. The molecule has 1 amide bonds. The summed E-state index contributed by atoms with van der Waals surface area (Å²) in [5.74, 6) is -0.0501. The second kappa shape index (κ2) is 11.6. The van der Waals surface area contributed by atoms with Crippen molar-refractivity contribution in [2.24, 2.45) is 0 Å². The predicted molar refractivity (Wildman–Crippen MR) is 145 cm³/mol. The highest BCUT2D eigenvalue weighted by Crippen LogP contribution is 2.48. The minimum absolute atomic E-state index is 0.0789. The van der Waals surface area contributed by atoms with E-state index in [1.165, 1.54) is 6.33 Å². The van der Waals surface area contributed by atoms with E-state index in [4.69, 9.17) is 51.2 Å². The number of fused-ring (bicyclic) bond motifs is 4. The van der Waals surface area contributed by atoms with Crippen LogP contribution in [0, 0.1) is 0 Å². The van der Waals surface area contributed by atoms with E-state index in [0.29, 0.717) is 29.6 Å². The maximum Gasteiger partial charge on any atom is 0.522 e. The minimum Gasteiger partial charge on any atom is -0.373 e. The van der Waals surface area contributed by atoms with Crippen molar-refractivity contribution in [3.8, 4) is 0 Å². The number of anilines is 1. The zero-order chi connectivity index (χ0) is 27.0. The maximum absolute atomic E-state index is 12.7. The van der Waals surface area contributed by atoms with Crippen LogP contribution in [0.5, 0.6) is 0 Å². The number of ether oxygens (including phenoxy) is 2. The lowest BCUT2D eigenvalue weighted by molar-refractivity contribution is -0.0387. The molecule has 17 heteroatoms. The average Bonchev–Trinajstić information content (AvgIpc) is 3.65. The number of aromatic nitrogens is 4. The van der Waals surface area contributed by atoms with Crippen LogP contribution in [0.25, 0.3) is 11.2 Å². The number of hydrogen-bond acceptors (Lipinski definition) is 12. The van der Waals surface area contributed by atoms with Gasteiger partial charge in [0.25, 0.3) is 5.91 Å². The maximum atomic E-state index is 12.7. The van der Waals surface area contributed by atoms with Gasteiger partial charge < -0.3 is 28.7 Å². The van der Waals surface area contributed by atoms with Crippen molar-refractivity contribution < 1.29 is 37.3 Å². The molecule has 7 atom stereocenters. The average molecular weight is 613 g/mol. The summed E-state index contributed by atoms with van der Waals surface area (Å²) in [7, 11) is -1.66. The highest BCUT2D eigenvalue weighted by molar-refractivity contribution is 8.07. The standard InChI is InChI=1S/C22H23N5O8P2S2/c28-22(13-4-2-1-3-5-13)26-20-19-21(24-11-23-20)27(12-25-19)18-7-16-17(33-18)10-32-37(29,39)35-15-6-14(30-8-15)9-31-36(38)34-16/h1-5,11-12,14-18H,6-10H2,(H-,23,24,26,28,29,39)/p+1. The third-order valence-electron chi connectivity index (χ3n) is 6.43. The van der Waals surface area contributed by atoms with Crippen LogP contribution in [0.15, 0.2) is 43.0 Å². The number of nitrogens with zero attached hydrogens (tertiary/aromatic N) is 4. The molecule has 0 spiro atoms. The molecular formula is C22H24N5O8P2S2+. The van der Waals surface area contributed by atoms with Gasteiger partial charge in [-0.25, -0.2) is 15.0 Å². The Morgan fingerprint density at radius 3 is 2.79 bits per heavy atom. The van der Waals surface area contributed by atoms with Crippen molar-refractivity contribution in [1.82, 2.24) is 19.5 Å². The Bertz CT molecular complexity index is 1430. The van der Waals surface area contributed by atoms with E-state index >= 15 is 0 Å². The van der Waals surface area contributed by atoms with Gasteiger partial charge in [-0.2, -0.15) is 0 Å². The van der Waals surface area contributed by atoms with Gasteiger partial charge >= 0.3 is 13.9 Å². The first-order valence-corrected chi connectivity index (χ1v) is 16.9. The smallest absolute Gasteiger partial charge is 0.373 e. The number of carbonyl (C=O) groups is 1. The Balaban J connectivity index is 1.22. The molecule has 2 bridgehead atoms. The van der Waals surface area contributed by atoms with Crippen LogP contribution in [0.3, 0.4) is 0 Å². The second-order valence-corrected chi connectivity index (χ2v) is 13.7. The summed E-state index contributed by atoms with van der Waals surface area (Å²) in [6, 6.07) is 8.80. The summed E-state index contributed by atoms with van der Waals surface area (Å²) in [5, 5.41) is 2.79. The Hall–Kier alpha value is -1.87. The van der Waals surface area contributed by atoms with Crippen LogP contribution >= 0.6 is 13.9 Å². The Morgan fingerprint density at radius 1 is 1.10 bits per heavy atom. The number of amides is 1. The van der Waals surface area contributed by atoms with Crippen LogP contribution in [0.4, 0.5) is 5.82 Å². The monoisotopic (exact) mass is 612 g/mol. The molecule has 3 saturated heterocycles. The van der Waals surface area contributed by atoms with Crippen molar-refractivity contribution in [1.29, 1.82) is 0 Å². The molecule has 2 aromatic heterocycles. The summed E-state index contributed by atoms with van der Waals surface area (Å²) in [6.07, 6.45) is 1.43. The number of imidazole rings is 1. The number of benzene rings is 1. The summed E-state index contributed by atoms with van der Waals surface area (Å²) in [6.45, 7) is -3.11. The molecule has 0 aliphatic carbocycles. The quantitative estimate of drug-likeness (QED) is 0.418. The third kappa shape index (κ3) is 6.24. The lowest BCUT2D eigenvalue weighted by atomic mass is 10.2. The van der Waals surface area contributed by atoms with E-state index in [1.807, 2.05) is 6.07 Å². The molecular weight excluding hydrogens is 588 g/mol. The highest BCUT2D eigenvalue weighted by Gasteiger charge is 2.44. The van der Waals surface area contributed by atoms with Crippen LogP contribution in [0.1, 0.15) is 29.4 Å². The van der Waals surface area contributed by atoms with Gasteiger partial charge in [-0.15, -0.1) is 9.05 Å². The second-order valence-electron chi connectivity index (χ2n) is 9.08. The first kappa shape index (κ1) is 27.3. The predicted octanol–water partition coefficient (Wildman–Crippen LogP) is 2.96. The zero-order valence-electron chi connectivity index (χ0n) is 20.3. The SMILES string of the molecule is O=C(Nc1ncnc2c1ncn2C1CC2O[P+](=S)OCC3CC(CO3)OP(O)(=S)OCC2O1)c1ccccc1. The van der Waals surface area contributed by atoms with Crippen molar-refractivity contribution in [2.45, 2.75) is 43.5 Å². The van der Waals surface area contributed by atoms with Crippen molar-refractivity contribution in [3.05, 3.63) is 48.5 Å². The number of hydrogen-bond donors (Lipinski definition) is 2. The van der Waals surface area contributed by atoms with Gasteiger partial charge in [0.2, 0.25) is 11.8 Å². The van der Waals surface area contributed by atoms with Gasteiger partial charge in [0.1, 0.15) is 31.4 Å². The molecule has 3 aromatic rings. The molecule has 0 radical (unpaired) electrons. The van der Waals surface area contributed by atoms with E-state index in [2.05, 4.69) is 20.3 Å². The summed E-state index contributed by atoms with van der Waals surface area (Å²) in [5.41, 5.74) is 1.34. The molecule has 0 saturated carbocycles. The third-order valence-corrected chi connectivity index (χ3v) is 9.42. The molecule has 13 nitrogen and oxygen atoms in total. The molecule has 206 valence electrons.